The van der Waals surface area contributed by atoms with E-state index in [0.717, 1.165) is 0 Å². The SMILES string of the molecule is CC(C)NC(C)C.CC(C)NC(C)C.N#CCC[PH](O)(O)O. The molecule has 0 aliphatic carbocycles. The Balaban J connectivity index is -0.000000247. The fourth-order valence-corrected chi connectivity index (χ4v) is 2.00. The van der Waals surface area contributed by atoms with Crippen molar-refractivity contribution in [2.24, 2.45) is 0 Å². The molecule has 0 heterocycles. The second-order valence-electron chi connectivity index (χ2n) is 6.38. The third-order valence-corrected chi connectivity index (χ3v) is 2.83. The van der Waals surface area contributed by atoms with Gasteiger partial charge in [-0.2, -0.15) is 0 Å². The second-order valence-corrected chi connectivity index (χ2v) is 8.43. The summed E-state index contributed by atoms with van der Waals surface area (Å²) in [5.74, 6) is 0. The van der Waals surface area contributed by atoms with E-state index in [1.165, 1.54) is 0 Å². The van der Waals surface area contributed by atoms with E-state index in [1.54, 1.807) is 6.07 Å². The van der Waals surface area contributed by atoms with Gasteiger partial charge >= 0.3 is 46.5 Å². The Hall–Kier alpha value is -0.280. The minimum atomic E-state index is -3.90. The molecule has 22 heavy (non-hydrogen) atoms. The molecule has 0 unspecified atom stereocenters. The molecule has 7 heteroatoms. The zero-order valence-electron chi connectivity index (χ0n) is 15.5. The summed E-state index contributed by atoms with van der Waals surface area (Å²) in [7, 11) is -3.90. The summed E-state index contributed by atoms with van der Waals surface area (Å²) >= 11 is 0. The van der Waals surface area contributed by atoms with Crippen molar-refractivity contribution in [2.45, 2.75) is 86.0 Å². The molecule has 0 rings (SSSR count). The summed E-state index contributed by atoms with van der Waals surface area (Å²) in [5, 5.41) is 14.5. The van der Waals surface area contributed by atoms with Gasteiger partial charge in [-0.3, -0.25) is 0 Å². The summed E-state index contributed by atoms with van der Waals surface area (Å²) in [6.45, 7) is 17.2. The predicted molar refractivity (Wildman–Crippen MR) is 96.9 cm³/mol. The molecule has 0 fully saturated rings. The summed E-state index contributed by atoms with van der Waals surface area (Å²) < 4.78 is 0. The van der Waals surface area contributed by atoms with Crippen LogP contribution in [0, 0.1) is 11.3 Å². The second kappa shape index (κ2) is 15.6. The van der Waals surface area contributed by atoms with E-state index in [9.17, 15) is 0 Å². The quantitative estimate of drug-likeness (QED) is 0.475. The summed E-state index contributed by atoms with van der Waals surface area (Å²) in [5.41, 5.74) is 0. The number of nitrogens with one attached hydrogen (secondary N) is 2. The van der Waals surface area contributed by atoms with Gasteiger partial charge in [0, 0.05) is 24.2 Å². The van der Waals surface area contributed by atoms with Crippen LogP contribution in [0.2, 0.25) is 0 Å². The van der Waals surface area contributed by atoms with Crippen molar-refractivity contribution in [1.29, 1.82) is 5.26 Å². The predicted octanol–water partition coefficient (Wildman–Crippen LogP) is 2.16. The van der Waals surface area contributed by atoms with Crippen LogP contribution in [-0.4, -0.2) is 45.0 Å². The molecular weight excluding hydrogens is 301 g/mol. The van der Waals surface area contributed by atoms with Crippen LogP contribution in [0.5, 0.6) is 0 Å². The fraction of sp³-hybridized carbons (Fsp3) is 0.933. The van der Waals surface area contributed by atoms with Crippen molar-refractivity contribution < 1.29 is 14.7 Å². The van der Waals surface area contributed by atoms with E-state index in [1.807, 2.05) is 0 Å². The molecule has 0 amide bonds. The van der Waals surface area contributed by atoms with Gasteiger partial charge in [0.2, 0.25) is 0 Å². The van der Waals surface area contributed by atoms with Crippen LogP contribution < -0.4 is 10.6 Å². The van der Waals surface area contributed by atoms with Gasteiger partial charge in [0.15, 0.2) is 0 Å². The van der Waals surface area contributed by atoms with E-state index in [-0.39, 0.29) is 12.6 Å². The van der Waals surface area contributed by atoms with Crippen molar-refractivity contribution in [1.82, 2.24) is 10.6 Å². The molecule has 5 N–H and O–H groups in total. The molecule has 0 aliphatic heterocycles. The molecule has 0 saturated heterocycles. The first-order chi connectivity index (χ1) is 9.81. The summed E-state index contributed by atoms with van der Waals surface area (Å²) in [6, 6.07) is 4.18. The van der Waals surface area contributed by atoms with Crippen molar-refractivity contribution in [3.05, 3.63) is 0 Å². The number of nitrogens with zero attached hydrogens (tertiary/aromatic N) is 1. The van der Waals surface area contributed by atoms with Crippen LogP contribution in [0.25, 0.3) is 0 Å². The molecule has 136 valence electrons. The van der Waals surface area contributed by atoms with E-state index < -0.39 is 7.94 Å². The maximum absolute atomic E-state index is 8.25. The fourth-order valence-electron chi connectivity index (χ4n) is 1.56. The molecule has 0 aromatic rings. The monoisotopic (exact) mass is 339 g/mol. The van der Waals surface area contributed by atoms with Crippen LogP contribution in [0.1, 0.15) is 61.8 Å². The van der Waals surface area contributed by atoms with Crippen LogP contribution in [0.15, 0.2) is 0 Å². The van der Waals surface area contributed by atoms with Crippen LogP contribution >= 0.6 is 7.94 Å². The molecule has 0 atom stereocenters. The van der Waals surface area contributed by atoms with Gasteiger partial charge in [-0.25, -0.2) is 0 Å². The summed E-state index contributed by atoms with van der Waals surface area (Å²) in [6.07, 6.45) is -0.195. The normalized spacial score (nSPS) is 11.7. The van der Waals surface area contributed by atoms with E-state index in [2.05, 4.69) is 66.0 Å². The van der Waals surface area contributed by atoms with E-state index in [4.69, 9.17) is 19.9 Å². The minimum absolute atomic E-state index is 0.00424. The average Bonchev–Trinajstić information content (AvgIpc) is 2.22. The van der Waals surface area contributed by atoms with Gasteiger partial charge in [0.1, 0.15) is 0 Å². The molecular formula is C15H38N3O3P. The van der Waals surface area contributed by atoms with Gasteiger partial charge < -0.3 is 10.6 Å². The Morgan fingerprint density at radius 3 is 1.09 bits per heavy atom. The summed E-state index contributed by atoms with van der Waals surface area (Å²) in [4.78, 5) is 24.7. The Kier molecular flexibility index (Phi) is 18.9. The van der Waals surface area contributed by atoms with Gasteiger partial charge in [-0.05, 0) is 0 Å². The van der Waals surface area contributed by atoms with Crippen LogP contribution in [0.3, 0.4) is 0 Å². The first-order valence-corrected chi connectivity index (χ1v) is 9.92. The van der Waals surface area contributed by atoms with Crippen molar-refractivity contribution in [3.8, 4) is 6.07 Å². The van der Waals surface area contributed by atoms with E-state index >= 15 is 0 Å². The zero-order chi connectivity index (χ0) is 18.3. The number of hydrogen-bond donors (Lipinski definition) is 5. The maximum atomic E-state index is 8.25. The average molecular weight is 339 g/mol. The Morgan fingerprint density at radius 1 is 0.773 bits per heavy atom. The van der Waals surface area contributed by atoms with Crippen molar-refractivity contribution in [3.63, 3.8) is 0 Å². The Morgan fingerprint density at radius 2 is 1.05 bits per heavy atom. The molecule has 6 nitrogen and oxygen atoms in total. The van der Waals surface area contributed by atoms with Crippen molar-refractivity contribution >= 4 is 7.94 Å². The molecule has 0 aliphatic rings. The number of nitriles is 1. The molecule has 0 bridgehead atoms. The molecule has 0 spiro atoms. The first-order valence-electron chi connectivity index (χ1n) is 7.88. The first kappa shape index (κ1) is 26.6. The molecule has 0 radical (unpaired) electrons. The number of rotatable bonds is 6. The molecule has 0 saturated carbocycles. The standard InChI is InChI=1S/2C6H15N.C3H8NO3P/c2*1-5(2)7-6(3)4;4-2-1-3-8(5,6)7/h2*5-7H,1-4H3;5-8H,1,3H2. The van der Waals surface area contributed by atoms with Crippen molar-refractivity contribution in [2.75, 3.05) is 6.16 Å². The number of hydrogen-bond acceptors (Lipinski definition) is 6. The zero-order valence-corrected chi connectivity index (χ0v) is 16.5. The Labute approximate surface area is 137 Å². The van der Waals surface area contributed by atoms with E-state index in [0.29, 0.717) is 24.2 Å². The Bertz CT molecular complexity index is 246. The van der Waals surface area contributed by atoms with Gasteiger partial charge in [-0.15, -0.1) is 0 Å². The molecule has 0 aromatic carbocycles. The van der Waals surface area contributed by atoms with Crippen LogP contribution in [-0.2, 0) is 0 Å². The third-order valence-electron chi connectivity index (χ3n) is 1.91. The topological polar surface area (TPSA) is 109 Å². The van der Waals surface area contributed by atoms with Crippen LogP contribution in [0.4, 0.5) is 0 Å². The van der Waals surface area contributed by atoms with Gasteiger partial charge in [-0.1, -0.05) is 55.4 Å². The van der Waals surface area contributed by atoms with Gasteiger partial charge in [0.05, 0.1) is 0 Å². The molecule has 0 aromatic heterocycles. The third kappa shape index (κ3) is 42.7. The van der Waals surface area contributed by atoms with Gasteiger partial charge in [0.25, 0.3) is 0 Å².